The number of rotatable bonds is 5. The van der Waals surface area contributed by atoms with Gasteiger partial charge in [-0.05, 0) is 59.4 Å². The van der Waals surface area contributed by atoms with Crippen molar-refractivity contribution in [3.63, 3.8) is 0 Å². The molecule has 0 aliphatic rings. The van der Waals surface area contributed by atoms with Crippen molar-refractivity contribution in [3.05, 3.63) is 89.7 Å². The quantitative estimate of drug-likeness (QED) is 0.416. The Morgan fingerprint density at radius 3 is 2.34 bits per heavy atom. The first-order chi connectivity index (χ1) is 14.0. The molecule has 0 aliphatic heterocycles. The number of carbonyl (C=O) groups is 1. The van der Waals surface area contributed by atoms with E-state index in [1.165, 1.54) is 11.1 Å². The first-order valence-electron chi connectivity index (χ1n) is 9.97. The van der Waals surface area contributed by atoms with Crippen LogP contribution in [0.4, 0.5) is 5.69 Å². The summed E-state index contributed by atoms with van der Waals surface area (Å²) in [5.41, 5.74) is 7.34. The number of fused-ring (bicyclic) bond motifs is 1. The minimum atomic E-state index is -0.0492. The van der Waals surface area contributed by atoms with E-state index < -0.39 is 0 Å². The predicted octanol–water partition coefficient (Wildman–Crippen LogP) is 6.71. The molecule has 146 valence electrons. The summed E-state index contributed by atoms with van der Waals surface area (Å²) in [7, 11) is 0. The number of hydrogen-bond acceptors (Lipinski definition) is 2. The molecular weight excluding hydrogens is 358 g/mol. The van der Waals surface area contributed by atoms with Gasteiger partial charge in [0, 0.05) is 16.6 Å². The molecule has 0 aliphatic carbocycles. The van der Waals surface area contributed by atoms with Gasteiger partial charge in [0.2, 0.25) is 5.91 Å². The van der Waals surface area contributed by atoms with Crippen LogP contribution >= 0.6 is 0 Å². The fourth-order valence-electron chi connectivity index (χ4n) is 3.76. The average molecular weight is 383 g/mol. The number of furan rings is 1. The van der Waals surface area contributed by atoms with Gasteiger partial charge in [-0.3, -0.25) is 4.79 Å². The summed E-state index contributed by atoms with van der Waals surface area (Å²) in [6.07, 6.45) is 1.99. The van der Waals surface area contributed by atoms with Crippen LogP contribution in [-0.2, 0) is 11.2 Å². The summed E-state index contributed by atoms with van der Waals surface area (Å²) >= 11 is 0. The van der Waals surface area contributed by atoms with E-state index in [2.05, 4.69) is 50.4 Å². The third-order valence-corrected chi connectivity index (χ3v) is 5.29. The summed E-state index contributed by atoms with van der Waals surface area (Å²) in [6, 6.07) is 22.3. The Labute approximate surface area is 171 Å². The Balaban J connectivity index is 1.49. The van der Waals surface area contributed by atoms with E-state index >= 15 is 0 Å². The maximum absolute atomic E-state index is 12.6. The SMILES string of the molecule is Cc1cc2occ(CC(=O)Nc3ccc(-c4ccccc4)cc3)c2cc1C(C)C. The number of carbonyl (C=O) groups excluding carboxylic acids is 1. The van der Waals surface area contributed by atoms with Crippen LogP contribution in [-0.4, -0.2) is 5.91 Å². The van der Waals surface area contributed by atoms with Crippen LogP contribution in [0, 0.1) is 6.92 Å². The number of anilines is 1. The van der Waals surface area contributed by atoms with E-state index in [1.807, 2.05) is 42.5 Å². The Morgan fingerprint density at radius 2 is 1.66 bits per heavy atom. The molecule has 4 aromatic rings. The zero-order valence-electron chi connectivity index (χ0n) is 17.0. The van der Waals surface area contributed by atoms with Crippen LogP contribution < -0.4 is 5.32 Å². The van der Waals surface area contributed by atoms with Crippen molar-refractivity contribution in [2.45, 2.75) is 33.1 Å². The van der Waals surface area contributed by atoms with E-state index in [0.717, 1.165) is 33.3 Å². The summed E-state index contributed by atoms with van der Waals surface area (Å²) in [6.45, 7) is 6.46. The van der Waals surface area contributed by atoms with Gasteiger partial charge in [0.25, 0.3) is 0 Å². The van der Waals surface area contributed by atoms with Gasteiger partial charge in [-0.15, -0.1) is 0 Å². The second kappa shape index (κ2) is 7.96. The third kappa shape index (κ3) is 4.09. The van der Waals surface area contributed by atoms with Crippen LogP contribution in [0.3, 0.4) is 0 Å². The molecule has 1 N–H and O–H groups in total. The molecule has 0 bridgehead atoms. The highest BCUT2D eigenvalue weighted by molar-refractivity contribution is 5.95. The van der Waals surface area contributed by atoms with Gasteiger partial charge in [0.05, 0.1) is 12.7 Å². The zero-order valence-corrected chi connectivity index (χ0v) is 17.0. The molecule has 0 saturated carbocycles. The van der Waals surface area contributed by atoms with Gasteiger partial charge >= 0.3 is 0 Å². The van der Waals surface area contributed by atoms with Crippen molar-refractivity contribution in [2.24, 2.45) is 0 Å². The topological polar surface area (TPSA) is 42.2 Å². The number of nitrogens with one attached hydrogen (secondary N) is 1. The third-order valence-electron chi connectivity index (χ3n) is 5.29. The van der Waals surface area contributed by atoms with Gasteiger partial charge < -0.3 is 9.73 Å². The lowest BCUT2D eigenvalue weighted by molar-refractivity contribution is -0.115. The van der Waals surface area contributed by atoms with E-state index in [9.17, 15) is 4.79 Å². The lowest BCUT2D eigenvalue weighted by atomic mass is 9.95. The summed E-state index contributed by atoms with van der Waals surface area (Å²) in [4.78, 5) is 12.6. The van der Waals surface area contributed by atoms with E-state index in [1.54, 1.807) is 6.26 Å². The monoisotopic (exact) mass is 383 g/mol. The van der Waals surface area contributed by atoms with E-state index in [-0.39, 0.29) is 12.3 Å². The fourth-order valence-corrected chi connectivity index (χ4v) is 3.76. The smallest absolute Gasteiger partial charge is 0.228 e. The average Bonchev–Trinajstić information content (AvgIpc) is 3.09. The molecule has 0 atom stereocenters. The molecular formula is C26H25NO2. The minimum Gasteiger partial charge on any atom is -0.464 e. The summed E-state index contributed by atoms with van der Waals surface area (Å²) < 4.78 is 5.70. The van der Waals surface area contributed by atoms with Gasteiger partial charge in [-0.2, -0.15) is 0 Å². The normalized spacial score (nSPS) is 11.2. The molecule has 0 spiro atoms. The first-order valence-corrected chi connectivity index (χ1v) is 9.97. The van der Waals surface area contributed by atoms with Crippen molar-refractivity contribution in [1.82, 2.24) is 0 Å². The molecule has 3 nitrogen and oxygen atoms in total. The van der Waals surface area contributed by atoms with Crippen LogP contribution in [0.15, 0.2) is 77.4 Å². The minimum absolute atomic E-state index is 0.0492. The molecule has 0 fully saturated rings. The number of hydrogen-bond donors (Lipinski definition) is 1. The summed E-state index contributed by atoms with van der Waals surface area (Å²) in [5, 5.41) is 4.01. The lowest BCUT2D eigenvalue weighted by Crippen LogP contribution is -2.14. The van der Waals surface area contributed by atoms with Crippen LogP contribution in [0.5, 0.6) is 0 Å². The zero-order chi connectivity index (χ0) is 20.4. The highest BCUT2D eigenvalue weighted by Gasteiger charge is 2.14. The molecule has 1 amide bonds. The standard InChI is InChI=1S/C26H25NO2/c1-17(2)23-15-24-21(16-29-25(24)13-18(23)3)14-26(28)27-22-11-9-20(10-12-22)19-7-5-4-6-8-19/h4-13,15-17H,14H2,1-3H3,(H,27,28). The Kier molecular flexibility index (Phi) is 5.22. The molecule has 1 aromatic heterocycles. The van der Waals surface area contributed by atoms with Gasteiger partial charge in [-0.1, -0.05) is 56.3 Å². The highest BCUT2D eigenvalue weighted by Crippen LogP contribution is 2.29. The second-order valence-corrected chi connectivity index (χ2v) is 7.79. The first kappa shape index (κ1) is 19.0. The fraction of sp³-hybridized carbons (Fsp3) is 0.192. The van der Waals surface area contributed by atoms with Crippen molar-refractivity contribution >= 4 is 22.6 Å². The second-order valence-electron chi connectivity index (χ2n) is 7.79. The van der Waals surface area contributed by atoms with Crippen LogP contribution in [0.1, 0.15) is 36.5 Å². The highest BCUT2D eigenvalue weighted by atomic mass is 16.3. The maximum atomic E-state index is 12.6. The van der Waals surface area contributed by atoms with Crippen molar-refractivity contribution < 1.29 is 9.21 Å². The number of amides is 1. The lowest BCUT2D eigenvalue weighted by Gasteiger charge is -2.10. The van der Waals surface area contributed by atoms with Crippen LogP contribution in [0.25, 0.3) is 22.1 Å². The molecule has 1 heterocycles. The molecule has 0 radical (unpaired) electrons. The summed E-state index contributed by atoms with van der Waals surface area (Å²) in [5.74, 6) is 0.380. The molecule has 0 unspecified atom stereocenters. The van der Waals surface area contributed by atoms with Crippen molar-refractivity contribution in [1.29, 1.82) is 0 Å². The molecule has 3 aromatic carbocycles. The van der Waals surface area contributed by atoms with Gasteiger partial charge in [0.1, 0.15) is 5.58 Å². The predicted molar refractivity (Wildman–Crippen MR) is 119 cm³/mol. The number of aryl methyl sites for hydroxylation is 1. The number of benzene rings is 3. The Bertz CT molecular complexity index is 1140. The Morgan fingerprint density at radius 1 is 0.966 bits per heavy atom. The van der Waals surface area contributed by atoms with E-state index in [0.29, 0.717) is 5.92 Å². The van der Waals surface area contributed by atoms with Crippen molar-refractivity contribution in [2.75, 3.05) is 5.32 Å². The van der Waals surface area contributed by atoms with Crippen molar-refractivity contribution in [3.8, 4) is 11.1 Å². The molecule has 29 heavy (non-hydrogen) atoms. The van der Waals surface area contributed by atoms with Gasteiger partial charge in [0.15, 0.2) is 0 Å². The molecule has 3 heteroatoms. The Hall–Kier alpha value is -3.33. The largest absolute Gasteiger partial charge is 0.464 e. The van der Waals surface area contributed by atoms with E-state index in [4.69, 9.17) is 4.42 Å². The maximum Gasteiger partial charge on any atom is 0.228 e. The molecule has 0 saturated heterocycles. The van der Waals surface area contributed by atoms with Gasteiger partial charge in [-0.25, -0.2) is 0 Å². The molecule has 4 rings (SSSR count). The van der Waals surface area contributed by atoms with Crippen LogP contribution in [0.2, 0.25) is 0 Å².